The van der Waals surface area contributed by atoms with Crippen molar-refractivity contribution in [3.05, 3.63) is 47.5 Å². The third-order valence-electron chi connectivity index (χ3n) is 3.38. The van der Waals surface area contributed by atoms with Crippen molar-refractivity contribution in [3.8, 4) is 0 Å². The molecule has 0 aliphatic heterocycles. The van der Waals surface area contributed by atoms with Gasteiger partial charge in [0.15, 0.2) is 0 Å². The highest BCUT2D eigenvalue weighted by Crippen LogP contribution is 2.20. The van der Waals surface area contributed by atoms with Crippen LogP contribution in [0.25, 0.3) is 0 Å². The molecule has 0 fully saturated rings. The van der Waals surface area contributed by atoms with Gasteiger partial charge in [0.05, 0.1) is 6.61 Å². The minimum absolute atomic E-state index is 0.0686. The number of aromatic nitrogens is 3. The molecule has 1 atom stereocenters. The maximum absolute atomic E-state index is 12.2. The summed E-state index contributed by atoms with van der Waals surface area (Å²) in [6.45, 7) is 7.31. The van der Waals surface area contributed by atoms with Crippen LogP contribution in [0.15, 0.2) is 30.3 Å². The first-order valence-electron chi connectivity index (χ1n) is 8.99. The molecule has 0 aliphatic carbocycles. The Kier molecular flexibility index (Phi) is 7.86. The number of hydrogen-bond acceptors (Lipinski definition) is 7. The summed E-state index contributed by atoms with van der Waals surface area (Å²) in [5.74, 6) is 0.978. The molecule has 0 spiro atoms. The SMILES string of the molecule is CCOC(=O)c1n[nH]c([C@H](CSCc2ccccc2)NC(=O)OC(C)(C)C)n1. The van der Waals surface area contributed by atoms with Crippen LogP contribution in [-0.4, -0.2) is 45.2 Å². The number of esters is 1. The van der Waals surface area contributed by atoms with E-state index in [1.165, 1.54) is 5.56 Å². The first kappa shape index (κ1) is 21.7. The summed E-state index contributed by atoms with van der Waals surface area (Å²) >= 11 is 1.62. The molecule has 0 bridgehead atoms. The average molecular weight is 407 g/mol. The van der Waals surface area contributed by atoms with Gasteiger partial charge in [-0.25, -0.2) is 14.6 Å². The van der Waals surface area contributed by atoms with Crippen molar-refractivity contribution in [2.45, 2.75) is 45.1 Å². The predicted molar refractivity (Wildman–Crippen MR) is 107 cm³/mol. The molecule has 2 rings (SSSR count). The average Bonchev–Trinajstić information content (AvgIpc) is 3.10. The number of H-pyrrole nitrogens is 1. The van der Waals surface area contributed by atoms with Crippen molar-refractivity contribution in [3.63, 3.8) is 0 Å². The maximum atomic E-state index is 12.2. The van der Waals surface area contributed by atoms with Crippen molar-refractivity contribution in [1.82, 2.24) is 20.5 Å². The second kappa shape index (κ2) is 10.1. The van der Waals surface area contributed by atoms with Gasteiger partial charge in [0.1, 0.15) is 17.5 Å². The minimum atomic E-state index is -0.622. The van der Waals surface area contributed by atoms with Gasteiger partial charge < -0.3 is 14.8 Å². The minimum Gasteiger partial charge on any atom is -0.460 e. The molecule has 0 unspecified atom stereocenters. The van der Waals surface area contributed by atoms with Crippen LogP contribution < -0.4 is 5.32 Å². The highest BCUT2D eigenvalue weighted by molar-refractivity contribution is 7.98. The molecule has 8 nitrogen and oxygen atoms in total. The number of aromatic amines is 1. The Morgan fingerprint density at radius 3 is 2.61 bits per heavy atom. The van der Waals surface area contributed by atoms with Gasteiger partial charge >= 0.3 is 12.1 Å². The van der Waals surface area contributed by atoms with Crippen LogP contribution in [0.4, 0.5) is 4.79 Å². The van der Waals surface area contributed by atoms with Gasteiger partial charge in [0.25, 0.3) is 5.82 Å². The van der Waals surface area contributed by atoms with E-state index in [9.17, 15) is 9.59 Å². The molecule has 0 saturated heterocycles. The number of hydrogen-bond donors (Lipinski definition) is 2. The Labute approximate surface area is 168 Å². The topological polar surface area (TPSA) is 106 Å². The van der Waals surface area contributed by atoms with Gasteiger partial charge in [0.2, 0.25) is 0 Å². The molecule has 2 N–H and O–H groups in total. The lowest BCUT2D eigenvalue weighted by atomic mass is 10.2. The van der Waals surface area contributed by atoms with Crippen LogP contribution in [0.3, 0.4) is 0 Å². The normalized spacial score (nSPS) is 12.3. The largest absolute Gasteiger partial charge is 0.460 e. The molecule has 1 aromatic heterocycles. The molecular formula is C19H26N4O4S. The van der Waals surface area contributed by atoms with Gasteiger partial charge in [-0.2, -0.15) is 11.8 Å². The predicted octanol–water partition coefficient (Wildman–Crippen LogP) is 3.48. The number of thioether (sulfide) groups is 1. The number of ether oxygens (including phenoxy) is 2. The molecule has 1 amide bonds. The fraction of sp³-hybridized carbons (Fsp3) is 0.474. The monoisotopic (exact) mass is 406 g/mol. The summed E-state index contributed by atoms with van der Waals surface area (Å²) in [5.41, 5.74) is 0.553. The van der Waals surface area contributed by atoms with Crippen LogP contribution in [-0.2, 0) is 15.2 Å². The lowest BCUT2D eigenvalue weighted by Gasteiger charge is -2.22. The van der Waals surface area contributed by atoms with Gasteiger partial charge in [-0.15, -0.1) is 5.10 Å². The van der Waals surface area contributed by atoms with E-state index in [-0.39, 0.29) is 12.4 Å². The zero-order valence-corrected chi connectivity index (χ0v) is 17.3. The summed E-state index contributed by atoms with van der Waals surface area (Å²) in [6.07, 6.45) is -0.563. The molecule has 152 valence electrons. The first-order chi connectivity index (χ1) is 13.3. The van der Waals surface area contributed by atoms with Crippen molar-refractivity contribution in [1.29, 1.82) is 0 Å². The van der Waals surface area contributed by atoms with Crippen molar-refractivity contribution < 1.29 is 19.1 Å². The summed E-state index contributed by atoms with van der Waals surface area (Å²) in [7, 11) is 0. The smallest absolute Gasteiger partial charge is 0.408 e. The fourth-order valence-corrected chi connectivity index (χ4v) is 3.25. The van der Waals surface area contributed by atoms with E-state index in [4.69, 9.17) is 9.47 Å². The van der Waals surface area contributed by atoms with Crippen molar-refractivity contribution in [2.75, 3.05) is 12.4 Å². The first-order valence-corrected chi connectivity index (χ1v) is 10.1. The van der Waals surface area contributed by atoms with Crippen LogP contribution >= 0.6 is 11.8 Å². The lowest BCUT2D eigenvalue weighted by molar-refractivity contribution is 0.0502. The van der Waals surface area contributed by atoms with E-state index in [0.29, 0.717) is 11.6 Å². The van der Waals surface area contributed by atoms with Crippen molar-refractivity contribution in [2.24, 2.45) is 0 Å². The van der Waals surface area contributed by atoms with Crippen LogP contribution in [0, 0.1) is 0 Å². The second-order valence-electron chi connectivity index (χ2n) is 6.96. The van der Waals surface area contributed by atoms with E-state index < -0.39 is 23.7 Å². The van der Waals surface area contributed by atoms with Gasteiger partial charge in [-0.3, -0.25) is 5.10 Å². The molecule has 1 aromatic carbocycles. The molecule has 0 aliphatic rings. The summed E-state index contributed by atoms with van der Waals surface area (Å²) in [6, 6.07) is 9.50. The number of nitrogens with zero attached hydrogens (tertiary/aromatic N) is 2. The fourth-order valence-electron chi connectivity index (χ4n) is 2.22. The Morgan fingerprint density at radius 2 is 1.96 bits per heavy atom. The van der Waals surface area contributed by atoms with Crippen LogP contribution in [0.2, 0.25) is 0 Å². The summed E-state index contributed by atoms with van der Waals surface area (Å²) in [4.78, 5) is 28.2. The molecule has 9 heteroatoms. The van der Waals surface area contributed by atoms with Crippen LogP contribution in [0.1, 0.15) is 55.7 Å². The molecule has 1 heterocycles. The van der Waals surface area contributed by atoms with Gasteiger partial charge in [0, 0.05) is 11.5 Å². The van der Waals surface area contributed by atoms with E-state index in [0.717, 1.165) is 5.75 Å². The highest BCUT2D eigenvalue weighted by atomic mass is 32.2. The van der Waals surface area contributed by atoms with E-state index in [1.807, 2.05) is 30.3 Å². The maximum Gasteiger partial charge on any atom is 0.408 e. The number of carbonyl (C=O) groups excluding carboxylic acids is 2. The molecule has 2 aromatic rings. The third-order valence-corrected chi connectivity index (χ3v) is 4.48. The van der Waals surface area contributed by atoms with Gasteiger partial charge in [-0.05, 0) is 33.3 Å². The standard InChI is InChI=1S/C19H26N4O4S/c1-5-26-17(24)16-21-15(22-23-16)14(20-18(25)27-19(2,3)4)12-28-11-13-9-7-6-8-10-13/h6-10,14H,5,11-12H2,1-4H3,(H,20,25)(H,21,22,23)/t14-/m0/s1. The second-order valence-corrected chi connectivity index (χ2v) is 7.99. The molecular weight excluding hydrogens is 380 g/mol. The molecule has 0 saturated carbocycles. The zero-order chi connectivity index (χ0) is 20.6. The number of nitrogens with one attached hydrogen (secondary N) is 2. The van der Waals surface area contributed by atoms with E-state index >= 15 is 0 Å². The number of alkyl carbamates (subject to hydrolysis) is 1. The Hall–Kier alpha value is -2.55. The quantitative estimate of drug-likeness (QED) is 0.646. The Morgan fingerprint density at radius 1 is 1.25 bits per heavy atom. The Bertz CT molecular complexity index is 774. The van der Waals surface area contributed by atoms with Crippen LogP contribution in [0.5, 0.6) is 0 Å². The third kappa shape index (κ3) is 7.22. The Balaban J connectivity index is 2.06. The number of carbonyl (C=O) groups is 2. The lowest BCUT2D eigenvalue weighted by Crippen LogP contribution is -2.36. The summed E-state index contributed by atoms with van der Waals surface area (Å²) in [5, 5.41) is 9.40. The number of amides is 1. The van der Waals surface area contributed by atoms with E-state index in [1.54, 1.807) is 39.5 Å². The molecule has 28 heavy (non-hydrogen) atoms. The van der Waals surface area contributed by atoms with E-state index in [2.05, 4.69) is 20.5 Å². The number of benzene rings is 1. The van der Waals surface area contributed by atoms with Gasteiger partial charge in [-0.1, -0.05) is 30.3 Å². The zero-order valence-electron chi connectivity index (χ0n) is 16.5. The molecule has 0 radical (unpaired) electrons. The highest BCUT2D eigenvalue weighted by Gasteiger charge is 2.24. The number of rotatable bonds is 8. The summed E-state index contributed by atoms with van der Waals surface area (Å²) < 4.78 is 10.2. The van der Waals surface area contributed by atoms with Crippen molar-refractivity contribution >= 4 is 23.8 Å².